The van der Waals surface area contributed by atoms with Gasteiger partial charge in [0.2, 0.25) is 10.0 Å². The molecule has 0 spiro atoms. The van der Waals surface area contributed by atoms with Crippen molar-refractivity contribution in [2.45, 2.75) is 44.3 Å². The predicted molar refractivity (Wildman–Crippen MR) is 105 cm³/mol. The lowest BCUT2D eigenvalue weighted by Gasteiger charge is -2.21. The second kappa shape index (κ2) is 8.92. The van der Waals surface area contributed by atoms with E-state index in [0.29, 0.717) is 10.6 Å². The van der Waals surface area contributed by atoms with E-state index in [0.717, 1.165) is 0 Å². The van der Waals surface area contributed by atoms with E-state index in [1.54, 1.807) is 44.4 Å². The second-order valence-corrected chi connectivity index (χ2v) is 9.07. The summed E-state index contributed by atoms with van der Waals surface area (Å²) in [6.45, 7) is 5.66. The average Bonchev–Trinajstić information content (AvgIpc) is 2.99. The number of thiazole rings is 1. The van der Waals surface area contributed by atoms with Crippen molar-refractivity contribution in [1.82, 2.24) is 15.0 Å². The molecule has 0 radical (unpaired) electrons. The number of amides is 1. The number of nitrogens with two attached hydrogens (primary N) is 1. The molecule has 0 aliphatic heterocycles. The van der Waals surface area contributed by atoms with Crippen LogP contribution in [0.25, 0.3) is 0 Å². The Kier molecular flexibility index (Phi) is 7.72. The highest BCUT2D eigenvalue weighted by Crippen LogP contribution is 2.18. The molecule has 2 aromatic rings. The first kappa shape index (κ1) is 22.5. The van der Waals surface area contributed by atoms with Gasteiger partial charge in [0.25, 0.3) is 5.91 Å². The molecule has 1 heterocycles. The zero-order chi connectivity index (χ0) is 18.7. The summed E-state index contributed by atoms with van der Waals surface area (Å²) in [5.74, 6) is -0.369. The molecule has 10 heteroatoms. The summed E-state index contributed by atoms with van der Waals surface area (Å²) in [5, 5.41) is 5.00. The van der Waals surface area contributed by atoms with E-state index < -0.39 is 15.6 Å². The van der Waals surface area contributed by atoms with Gasteiger partial charge in [-0.25, -0.2) is 18.1 Å². The van der Waals surface area contributed by atoms with Gasteiger partial charge in [0.1, 0.15) is 10.7 Å². The summed E-state index contributed by atoms with van der Waals surface area (Å²) in [5.41, 5.74) is 5.66. The number of halogens is 1. The van der Waals surface area contributed by atoms with Gasteiger partial charge in [0.15, 0.2) is 0 Å². The summed E-state index contributed by atoms with van der Waals surface area (Å²) in [6, 6.07) is 6.57. The summed E-state index contributed by atoms with van der Waals surface area (Å²) in [6.07, 6.45) is 0. The number of carbonyl (C=O) groups excluding carboxylic acids is 1. The van der Waals surface area contributed by atoms with Crippen molar-refractivity contribution in [2.75, 3.05) is 0 Å². The van der Waals surface area contributed by atoms with E-state index in [9.17, 15) is 13.2 Å². The van der Waals surface area contributed by atoms with Crippen LogP contribution in [0.3, 0.4) is 0 Å². The lowest BCUT2D eigenvalue weighted by molar-refractivity contribution is 0.0946. The smallest absolute Gasteiger partial charge is 0.271 e. The number of nitrogens with one attached hydrogen (secondary N) is 2. The minimum Gasteiger partial charge on any atom is -0.347 e. The highest BCUT2D eigenvalue weighted by Gasteiger charge is 2.24. The van der Waals surface area contributed by atoms with Crippen LogP contribution in [-0.4, -0.2) is 24.8 Å². The molecule has 0 aliphatic carbocycles. The number of benzene rings is 1. The molecule has 0 fully saturated rings. The molecule has 2 rings (SSSR count). The van der Waals surface area contributed by atoms with Crippen LogP contribution in [0.5, 0.6) is 0 Å². The fraction of sp³-hybridized carbons (Fsp3) is 0.375. The SMILES string of the molecule is CC(C)(C)NS(=O)(=O)c1ccccc1CNC(=O)c1csc(CN)n1.Cl. The minimum atomic E-state index is -3.69. The van der Waals surface area contributed by atoms with Gasteiger partial charge in [-0.2, -0.15) is 0 Å². The largest absolute Gasteiger partial charge is 0.347 e. The normalized spacial score (nSPS) is 11.7. The lowest BCUT2D eigenvalue weighted by atomic mass is 10.1. The molecular weight excluding hydrogens is 396 g/mol. The Bertz CT molecular complexity index is 860. The molecule has 144 valence electrons. The van der Waals surface area contributed by atoms with Gasteiger partial charge in [-0.3, -0.25) is 4.79 Å². The molecule has 26 heavy (non-hydrogen) atoms. The van der Waals surface area contributed by atoms with Crippen LogP contribution in [0.1, 0.15) is 41.8 Å². The predicted octanol–water partition coefficient (Wildman–Crippen LogP) is 2.03. The van der Waals surface area contributed by atoms with E-state index in [1.165, 1.54) is 17.4 Å². The van der Waals surface area contributed by atoms with Crippen molar-refractivity contribution >= 4 is 39.7 Å². The highest BCUT2D eigenvalue weighted by atomic mass is 35.5. The van der Waals surface area contributed by atoms with E-state index in [4.69, 9.17) is 5.73 Å². The standard InChI is InChI=1S/C16H22N4O3S2.ClH/c1-16(2,3)20-25(22,23)13-7-5-4-6-11(13)9-18-15(21)12-10-24-14(8-17)19-12;/h4-7,10,20H,8-9,17H2,1-3H3,(H,18,21);1H. The Morgan fingerprint density at radius 2 is 1.92 bits per heavy atom. The first-order valence-corrected chi connectivity index (χ1v) is 10.0. The summed E-state index contributed by atoms with van der Waals surface area (Å²) in [7, 11) is -3.69. The fourth-order valence-corrected chi connectivity index (χ4v) is 4.46. The van der Waals surface area contributed by atoms with Crippen molar-refractivity contribution in [1.29, 1.82) is 0 Å². The average molecular weight is 419 g/mol. The Morgan fingerprint density at radius 3 is 2.50 bits per heavy atom. The van der Waals surface area contributed by atoms with Crippen molar-refractivity contribution in [2.24, 2.45) is 5.73 Å². The Morgan fingerprint density at radius 1 is 1.27 bits per heavy atom. The van der Waals surface area contributed by atoms with Gasteiger partial charge in [0, 0.05) is 24.0 Å². The van der Waals surface area contributed by atoms with Crippen LogP contribution >= 0.6 is 23.7 Å². The van der Waals surface area contributed by atoms with Crippen LogP contribution in [0.4, 0.5) is 0 Å². The number of carbonyl (C=O) groups is 1. The van der Waals surface area contributed by atoms with Crippen molar-refractivity contribution in [3.63, 3.8) is 0 Å². The van der Waals surface area contributed by atoms with E-state index >= 15 is 0 Å². The van der Waals surface area contributed by atoms with Crippen LogP contribution < -0.4 is 15.8 Å². The number of hydrogen-bond donors (Lipinski definition) is 3. The topological polar surface area (TPSA) is 114 Å². The van der Waals surface area contributed by atoms with Crippen LogP contribution in [0.2, 0.25) is 0 Å². The summed E-state index contributed by atoms with van der Waals surface area (Å²) in [4.78, 5) is 16.4. The molecule has 0 unspecified atom stereocenters. The fourth-order valence-electron chi connectivity index (χ4n) is 2.15. The Labute approximate surface area is 163 Å². The zero-order valence-corrected chi connectivity index (χ0v) is 17.2. The summed E-state index contributed by atoms with van der Waals surface area (Å²) >= 11 is 1.31. The van der Waals surface area contributed by atoms with Crippen LogP contribution in [-0.2, 0) is 23.1 Å². The van der Waals surface area contributed by atoms with Gasteiger partial charge in [-0.05, 0) is 32.4 Å². The number of hydrogen-bond acceptors (Lipinski definition) is 6. The molecule has 1 aromatic heterocycles. The maximum absolute atomic E-state index is 12.6. The summed E-state index contributed by atoms with van der Waals surface area (Å²) < 4.78 is 27.8. The molecule has 0 saturated carbocycles. The van der Waals surface area contributed by atoms with Gasteiger partial charge in [-0.1, -0.05) is 18.2 Å². The third-order valence-corrected chi connectivity index (χ3v) is 5.83. The van der Waals surface area contributed by atoms with Crippen molar-refractivity contribution in [3.05, 3.63) is 45.9 Å². The quantitative estimate of drug-likeness (QED) is 0.664. The van der Waals surface area contributed by atoms with Gasteiger partial charge in [-0.15, -0.1) is 23.7 Å². The lowest BCUT2D eigenvalue weighted by Crippen LogP contribution is -2.41. The Hall–Kier alpha value is -1.52. The number of rotatable bonds is 6. The maximum Gasteiger partial charge on any atom is 0.271 e. The van der Waals surface area contributed by atoms with Crippen LogP contribution in [0.15, 0.2) is 34.5 Å². The molecule has 0 aliphatic rings. The number of aromatic nitrogens is 1. The molecule has 1 aromatic carbocycles. The third kappa shape index (κ3) is 6.03. The van der Waals surface area contributed by atoms with E-state index in [-0.39, 0.29) is 42.0 Å². The van der Waals surface area contributed by atoms with Gasteiger partial charge in [0.05, 0.1) is 4.90 Å². The second-order valence-electron chi connectivity index (χ2n) is 6.48. The van der Waals surface area contributed by atoms with E-state index in [2.05, 4.69) is 15.0 Å². The third-order valence-electron chi connectivity index (χ3n) is 3.10. The molecule has 0 saturated heterocycles. The first-order chi connectivity index (χ1) is 11.6. The minimum absolute atomic E-state index is 0. The molecule has 4 N–H and O–H groups in total. The molecule has 7 nitrogen and oxygen atoms in total. The number of nitrogens with zero attached hydrogens (tertiary/aromatic N) is 1. The molecule has 0 bridgehead atoms. The van der Waals surface area contributed by atoms with Gasteiger partial charge < -0.3 is 11.1 Å². The van der Waals surface area contributed by atoms with Crippen LogP contribution in [0, 0.1) is 0 Å². The van der Waals surface area contributed by atoms with Crippen molar-refractivity contribution < 1.29 is 13.2 Å². The molecule has 1 amide bonds. The number of sulfonamides is 1. The zero-order valence-electron chi connectivity index (χ0n) is 14.8. The van der Waals surface area contributed by atoms with Gasteiger partial charge >= 0.3 is 0 Å². The first-order valence-electron chi connectivity index (χ1n) is 7.67. The highest BCUT2D eigenvalue weighted by molar-refractivity contribution is 7.89. The maximum atomic E-state index is 12.6. The monoisotopic (exact) mass is 418 g/mol. The molecular formula is C16H23ClN4O3S2. The van der Waals surface area contributed by atoms with E-state index in [1.807, 2.05) is 0 Å². The molecule has 0 atom stereocenters. The van der Waals surface area contributed by atoms with Crippen molar-refractivity contribution in [3.8, 4) is 0 Å². The Balaban J connectivity index is 0.00000338.